The van der Waals surface area contributed by atoms with Crippen molar-refractivity contribution in [3.8, 4) is 17.0 Å². The van der Waals surface area contributed by atoms with Crippen LogP contribution >= 0.6 is 23.8 Å². The molecule has 1 amide bonds. The Labute approximate surface area is 137 Å². The first-order chi connectivity index (χ1) is 9.92. The highest BCUT2D eigenvalue weighted by Gasteiger charge is 2.13. The molecule has 0 unspecified atom stereocenters. The van der Waals surface area contributed by atoms with Crippen LogP contribution in [-0.2, 0) is 11.3 Å². The van der Waals surface area contributed by atoms with Crippen LogP contribution in [0.25, 0.3) is 11.3 Å². The number of hydrogen-bond acceptors (Lipinski definition) is 4. The number of benzene rings is 1. The molecule has 0 bridgehead atoms. The maximum Gasteiger partial charge on any atom is 0.252 e. The number of amides is 1. The molecule has 118 valence electrons. The largest absolute Gasteiger partial charge is 0.496 e. The first-order valence-electron chi connectivity index (χ1n) is 5.88. The summed E-state index contributed by atoms with van der Waals surface area (Å²) >= 11 is 11.1. The number of rotatable bonds is 4. The molecule has 0 spiro atoms. The average molecular weight is 342 g/mol. The lowest BCUT2D eigenvalue weighted by molar-refractivity contribution is -0.118. The highest BCUT2D eigenvalue weighted by Crippen LogP contribution is 2.31. The van der Waals surface area contributed by atoms with Crippen molar-refractivity contribution in [2.75, 3.05) is 7.11 Å². The molecule has 0 fully saturated rings. The van der Waals surface area contributed by atoms with E-state index in [4.69, 9.17) is 34.3 Å². The molecule has 3 N–H and O–H groups in total. The van der Waals surface area contributed by atoms with Crippen molar-refractivity contribution < 1.29 is 9.53 Å². The van der Waals surface area contributed by atoms with Gasteiger partial charge in [-0.05, 0) is 30.4 Å². The summed E-state index contributed by atoms with van der Waals surface area (Å²) in [5, 5.41) is 0.461. The predicted octanol–water partition coefficient (Wildman–Crippen LogP) is 2.36. The van der Waals surface area contributed by atoms with Crippen LogP contribution < -0.4 is 16.0 Å². The van der Waals surface area contributed by atoms with Crippen LogP contribution in [0.3, 0.4) is 0 Å². The molecular formula is C14H16ClN3O3S. The van der Waals surface area contributed by atoms with Crippen molar-refractivity contribution >= 4 is 29.7 Å². The number of carbonyl (C=O) groups excluding carboxylic acids is 1. The van der Waals surface area contributed by atoms with Gasteiger partial charge in [0.1, 0.15) is 12.3 Å². The predicted molar refractivity (Wildman–Crippen MR) is 88.8 cm³/mol. The van der Waals surface area contributed by atoms with E-state index in [0.29, 0.717) is 22.0 Å². The van der Waals surface area contributed by atoms with Gasteiger partial charge in [-0.2, -0.15) is 0 Å². The van der Waals surface area contributed by atoms with E-state index in [1.165, 1.54) is 17.7 Å². The van der Waals surface area contributed by atoms with Crippen LogP contribution in [0, 0.1) is 4.77 Å². The summed E-state index contributed by atoms with van der Waals surface area (Å²) in [6.07, 6.45) is 0. The zero-order valence-corrected chi connectivity index (χ0v) is 12.6. The summed E-state index contributed by atoms with van der Waals surface area (Å²) < 4.78 is 6.78. The first kappa shape index (κ1) is 17.9. The van der Waals surface area contributed by atoms with Gasteiger partial charge >= 0.3 is 0 Å². The van der Waals surface area contributed by atoms with Crippen molar-refractivity contribution in [2.45, 2.75) is 14.0 Å². The van der Waals surface area contributed by atoms with Gasteiger partial charge in [0.2, 0.25) is 5.91 Å². The summed E-state index contributed by atoms with van der Waals surface area (Å²) in [6, 6.07) is 6.26. The number of methoxy groups -OCH3 is 1. The fourth-order valence-electron chi connectivity index (χ4n) is 1.94. The number of H-pyrrole nitrogens is 1. The van der Waals surface area contributed by atoms with E-state index in [1.54, 1.807) is 18.2 Å². The highest BCUT2D eigenvalue weighted by atomic mass is 35.5. The molecule has 6 nitrogen and oxygen atoms in total. The van der Waals surface area contributed by atoms with Gasteiger partial charge in [0.25, 0.3) is 5.56 Å². The van der Waals surface area contributed by atoms with Gasteiger partial charge in [-0.15, -0.1) is 0 Å². The van der Waals surface area contributed by atoms with Gasteiger partial charge in [-0.3, -0.25) is 14.6 Å². The summed E-state index contributed by atoms with van der Waals surface area (Å²) in [5.41, 5.74) is 5.78. The Morgan fingerprint density at radius 3 is 2.73 bits per heavy atom. The molecule has 1 aromatic heterocycles. The Hall–Kier alpha value is -2.12. The minimum Gasteiger partial charge on any atom is -0.496 e. The number of aromatic nitrogens is 2. The molecule has 0 aliphatic carbocycles. The lowest BCUT2D eigenvalue weighted by atomic mass is 10.1. The Morgan fingerprint density at radius 1 is 1.45 bits per heavy atom. The monoisotopic (exact) mass is 341 g/mol. The second kappa shape index (κ2) is 7.24. The van der Waals surface area contributed by atoms with Crippen LogP contribution in [0.4, 0.5) is 0 Å². The SMILES string of the molecule is C.COc1ccc(Cl)cc1-c1cc(=O)[nH]c(=S)n1CC(N)=O. The van der Waals surface area contributed by atoms with Crippen molar-refractivity contribution in [1.29, 1.82) is 0 Å². The van der Waals surface area contributed by atoms with Gasteiger partial charge in [-0.1, -0.05) is 19.0 Å². The average Bonchev–Trinajstić information content (AvgIpc) is 2.41. The van der Waals surface area contributed by atoms with Crippen molar-refractivity contribution in [3.05, 3.63) is 44.4 Å². The Morgan fingerprint density at radius 2 is 2.14 bits per heavy atom. The van der Waals surface area contributed by atoms with Crippen molar-refractivity contribution in [2.24, 2.45) is 5.73 Å². The van der Waals surface area contributed by atoms with Crippen molar-refractivity contribution in [1.82, 2.24) is 9.55 Å². The molecule has 0 atom stereocenters. The van der Waals surface area contributed by atoms with E-state index in [2.05, 4.69) is 4.98 Å². The zero-order chi connectivity index (χ0) is 15.6. The molecular weight excluding hydrogens is 326 g/mol. The maximum absolute atomic E-state index is 11.7. The van der Waals surface area contributed by atoms with E-state index >= 15 is 0 Å². The van der Waals surface area contributed by atoms with Crippen molar-refractivity contribution in [3.63, 3.8) is 0 Å². The summed E-state index contributed by atoms with van der Waals surface area (Å²) in [4.78, 5) is 25.3. The fraction of sp³-hybridized carbons (Fsp3) is 0.214. The third-order valence-electron chi connectivity index (χ3n) is 2.79. The summed E-state index contributed by atoms with van der Waals surface area (Å²) in [5.74, 6) is -0.0852. The Balaban J connectivity index is 0.00000242. The second-order valence-corrected chi connectivity index (χ2v) is 5.04. The number of hydrogen-bond donors (Lipinski definition) is 2. The minimum absolute atomic E-state index is 0. The van der Waals surface area contributed by atoms with Crippen LogP contribution in [-0.4, -0.2) is 22.6 Å². The minimum atomic E-state index is -0.583. The topological polar surface area (TPSA) is 90.1 Å². The second-order valence-electron chi connectivity index (χ2n) is 4.22. The smallest absolute Gasteiger partial charge is 0.252 e. The molecule has 22 heavy (non-hydrogen) atoms. The molecule has 0 aliphatic rings. The van der Waals surface area contributed by atoms with E-state index in [9.17, 15) is 9.59 Å². The lowest BCUT2D eigenvalue weighted by Crippen LogP contribution is -2.23. The molecule has 0 saturated heterocycles. The first-order valence-corrected chi connectivity index (χ1v) is 6.67. The fourth-order valence-corrected chi connectivity index (χ4v) is 2.37. The van der Waals surface area contributed by atoms with Crippen LogP contribution in [0.2, 0.25) is 5.02 Å². The molecule has 8 heteroatoms. The summed E-state index contributed by atoms with van der Waals surface area (Å²) in [7, 11) is 1.49. The van der Waals surface area contributed by atoms with Crippen LogP contribution in [0.5, 0.6) is 5.75 Å². The quantitative estimate of drug-likeness (QED) is 0.835. The lowest BCUT2D eigenvalue weighted by Gasteiger charge is -2.15. The molecule has 2 rings (SSSR count). The Bertz CT molecular complexity index is 814. The van der Waals surface area contributed by atoms with Gasteiger partial charge in [0, 0.05) is 16.7 Å². The third-order valence-corrected chi connectivity index (χ3v) is 3.34. The highest BCUT2D eigenvalue weighted by molar-refractivity contribution is 7.71. The molecule has 0 aliphatic heterocycles. The van der Waals surface area contributed by atoms with E-state index in [0.717, 1.165) is 0 Å². The number of nitrogens with two attached hydrogens (primary N) is 1. The normalized spacial score (nSPS) is 9.91. The van der Waals surface area contributed by atoms with Gasteiger partial charge in [0.05, 0.1) is 12.8 Å². The van der Waals surface area contributed by atoms with E-state index < -0.39 is 11.5 Å². The van der Waals surface area contributed by atoms with Gasteiger partial charge < -0.3 is 15.0 Å². The van der Waals surface area contributed by atoms with Crippen LogP contribution in [0.1, 0.15) is 7.43 Å². The molecule has 1 aromatic carbocycles. The zero-order valence-electron chi connectivity index (χ0n) is 11.1. The number of aromatic amines is 1. The molecule has 0 radical (unpaired) electrons. The third kappa shape index (κ3) is 3.75. The number of halogens is 1. The molecule has 1 heterocycles. The van der Waals surface area contributed by atoms with Gasteiger partial charge in [0.15, 0.2) is 4.77 Å². The maximum atomic E-state index is 11.7. The Kier molecular flexibility index (Phi) is 5.90. The number of ether oxygens (including phenoxy) is 1. The van der Waals surface area contributed by atoms with Gasteiger partial charge in [-0.25, -0.2) is 0 Å². The standard InChI is InChI=1S/C13H12ClN3O3S.CH4/c1-20-10-3-2-7(14)4-8(10)9-5-12(19)16-13(21)17(9)6-11(15)18;/h2-5H,6H2,1H3,(H2,15,18)(H,16,19,21);1H4. The number of nitrogens with one attached hydrogen (secondary N) is 1. The molecule has 2 aromatic rings. The van der Waals surface area contributed by atoms with E-state index in [1.807, 2.05) is 0 Å². The number of carbonyl (C=O) groups is 1. The number of nitrogens with zero attached hydrogens (tertiary/aromatic N) is 1. The summed E-state index contributed by atoms with van der Waals surface area (Å²) in [6.45, 7) is -0.166. The van der Waals surface area contributed by atoms with E-state index in [-0.39, 0.29) is 18.7 Å². The van der Waals surface area contributed by atoms with Crippen LogP contribution in [0.15, 0.2) is 29.1 Å². The number of primary amides is 1. The molecule has 0 saturated carbocycles.